The number of nitrogens with zero attached hydrogens (tertiary/aromatic N) is 1. The van der Waals surface area contributed by atoms with Crippen molar-refractivity contribution in [3.8, 4) is 5.75 Å². The highest BCUT2D eigenvalue weighted by Gasteiger charge is 2.34. The number of likely N-dealkylation sites (tertiary alicyclic amines) is 1. The van der Waals surface area contributed by atoms with Gasteiger partial charge >= 0.3 is 0 Å². The molecule has 0 bridgehead atoms. The van der Waals surface area contributed by atoms with Crippen molar-refractivity contribution < 1.29 is 18.8 Å². The number of carbonyl (C=O) groups is 1. The number of benzene rings is 1. The predicted octanol–water partition coefficient (Wildman–Crippen LogP) is 3.88. The Morgan fingerprint density at radius 3 is 2.50 bits per heavy atom. The average Bonchev–Trinajstić information content (AvgIpc) is 2.71. The summed E-state index contributed by atoms with van der Waals surface area (Å²) in [6, 6.07) is 3.11. The minimum Gasteiger partial charge on any atom is -0.489 e. The number of ether oxygens (including phenoxy) is 1. The predicted molar refractivity (Wildman–Crippen MR) is 122 cm³/mol. The Kier molecular flexibility index (Phi) is 9.18. The molecule has 1 aromatic carbocycles. The molecule has 2 atom stereocenters. The summed E-state index contributed by atoms with van der Waals surface area (Å²) in [6.45, 7) is 10.2. The van der Waals surface area contributed by atoms with Crippen LogP contribution >= 0.6 is 23.2 Å². The summed E-state index contributed by atoms with van der Waals surface area (Å²) in [4.78, 5) is 13.5. The van der Waals surface area contributed by atoms with Crippen LogP contribution in [0.15, 0.2) is 24.8 Å². The number of piperidine rings is 1. The SMILES string of the molecule is C=CCOc1cc(Cl)c(Cl)cc1C(NS(=O)C(C)(C)C)C1CCN(C(=O)CO)CC1. The molecule has 2 N–H and O–H groups in total. The summed E-state index contributed by atoms with van der Waals surface area (Å²) < 4.78 is 21.6. The molecule has 1 aromatic rings. The van der Waals surface area contributed by atoms with E-state index in [9.17, 15) is 9.00 Å². The summed E-state index contributed by atoms with van der Waals surface area (Å²) in [5.41, 5.74) is 0.774. The number of aliphatic hydroxyl groups is 1. The molecule has 9 heteroatoms. The lowest BCUT2D eigenvalue weighted by atomic mass is 9.85. The molecule has 168 valence electrons. The largest absolute Gasteiger partial charge is 0.489 e. The quantitative estimate of drug-likeness (QED) is 0.557. The van der Waals surface area contributed by atoms with E-state index in [0.717, 1.165) is 5.56 Å². The summed E-state index contributed by atoms with van der Waals surface area (Å²) in [5, 5.41) is 9.89. The standard InChI is InChI=1S/C21H30Cl2N2O4S/c1-5-10-29-18-12-17(23)16(22)11-15(18)20(24-30(28)21(2,3)4)14-6-8-25(9-7-14)19(27)13-26/h5,11-12,14,20,24,26H,1,6-10,13H2,2-4H3. The van der Waals surface area contributed by atoms with E-state index in [2.05, 4.69) is 11.3 Å². The van der Waals surface area contributed by atoms with Gasteiger partial charge in [-0.1, -0.05) is 35.9 Å². The summed E-state index contributed by atoms with van der Waals surface area (Å²) in [5.74, 6) is 0.365. The Balaban J connectivity index is 2.39. The zero-order chi connectivity index (χ0) is 22.5. The molecule has 1 aliphatic rings. The van der Waals surface area contributed by atoms with Gasteiger partial charge in [0.15, 0.2) is 0 Å². The Morgan fingerprint density at radius 2 is 1.97 bits per heavy atom. The first kappa shape index (κ1) is 25.1. The highest BCUT2D eigenvalue weighted by atomic mass is 35.5. The van der Waals surface area contributed by atoms with Crippen molar-refractivity contribution in [2.24, 2.45) is 5.92 Å². The maximum atomic E-state index is 13.0. The van der Waals surface area contributed by atoms with E-state index in [4.69, 9.17) is 33.0 Å². The van der Waals surface area contributed by atoms with Gasteiger partial charge in [0.25, 0.3) is 0 Å². The monoisotopic (exact) mass is 476 g/mol. The van der Waals surface area contributed by atoms with Crippen LogP contribution < -0.4 is 9.46 Å². The molecule has 1 fully saturated rings. The number of hydrogen-bond acceptors (Lipinski definition) is 4. The second-order valence-electron chi connectivity index (χ2n) is 8.26. The Bertz CT molecular complexity index is 790. The minimum atomic E-state index is -1.34. The molecule has 1 amide bonds. The van der Waals surface area contributed by atoms with Crippen molar-refractivity contribution in [1.82, 2.24) is 9.62 Å². The van der Waals surface area contributed by atoms with E-state index in [1.54, 1.807) is 23.1 Å². The number of aliphatic hydroxyl groups excluding tert-OH is 1. The first-order valence-electron chi connectivity index (χ1n) is 9.87. The fraction of sp³-hybridized carbons (Fsp3) is 0.571. The Morgan fingerprint density at radius 1 is 1.37 bits per heavy atom. The highest BCUT2D eigenvalue weighted by Crippen LogP contribution is 2.40. The lowest BCUT2D eigenvalue weighted by Gasteiger charge is -2.37. The van der Waals surface area contributed by atoms with Gasteiger partial charge in [0.1, 0.15) is 19.0 Å². The topological polar surface area (TPSA) is 78.9 Å². The fourth-order valence-corrected chi connectivity index (χ4v) is 4.58. The van der Waals surface area contributed by atoms with Gasteiger partial charge in [0.05, 0.1) is 31.8 Å². The third-order valence-electron chi connectivity index (χ3n) is 5.03. The highest BCUT2D eigenvalue weighted by molar-refractivity contribution is 7.84. The third kappa shape index (κ3) is 6.44. The van der Waals surface area contributed by atoms with Crippen LogP contribution in [0.5, 0.6) is 5.75 Å². The number of halogens is 2. The maximum absolute atomic E-state index is 13.0. The second kappa shape index (κ2) is 11.0. The summed E-state index contributed by atoms with van der Waals surface area (Å²) in [7, 11) is -1.34. The average molecular weight is 477 g/mol. The molecule has 0 saturated carbocycles. The molecule has 0 radical (unpaired) electrons. The van der Waals surface area contributed by atoms with Crippen LogP contribution in [-0.2, 0) is 15.8 Å². The van der Waals surface area contributed by atoms with Crippen molar-refractivity contribution in [1.29, 1.82) is 0 Å². The Labute approximate surface area is 191 Å². The van der Waals surface area contributed by atoms with Crippen LogP contribution in [-0.4, -0.2) is 51.2 Å². The zero-order valence-corrected chi connectivity index (χ0v) is 19.9. The van der Waals surface area contributed by atoms with Crippen LogP contribution in [0.4, 0.5) is 0 Å². The molecular formula is C21H30Cl2N2O4S. The lowest BCUT2D eigenvalue weighted by Crippen LogP contribution is -2.45. The molecule has 1 saturated heterocycles. The number of amides is 1. The van der Waals surface area contributed by atoms with Gasteiger partial charge in [-0.15, -0.1) is 0 Å². The summed E-state index contributed by atoms with van der Waals surface area (Å²) >= 11 is 12.5. The first-order chi connectivity index (χ1) is 14.1. The maximum Gasteiger partial charge on any atom is 0.248 e. The van der Waals surface area contributed by atoms with Gasteiger partial charge in [0, 0.05) is 24.7 Å². The van der Waals surface area contributed by atoms with E-state index in [-0.39, 0.29) is 17.9 Å². The molecule has 0 aliphatic carbocycles. The molecule has 2 unspecified atom stereocenters. The molecule has 30 heavy (non-hydrogen) atoms. The van der Waals surface area contributed by atoms with Crippen LogP contribution in [0.1, 0.15) is 45.2 Å². The summed E-state index contributed by atoms with van der Waals surface area (Å²) in [6.07, 6.45) is 3.01. The molecule has 0 spiro atoms. The number of nitrogens with one attached hydrogen (secondary N) is 1. The van der Waals surface area contributed by atoms with Gasteiger partial charge in [-0.2, -0.15) is 0 Å². The molecule has 1 aliphatic heterocycles. The van der Waals surface area contributed by atoms with Crippen molar-refractivity contribution >= 4 is 40.1 Å². The second-order valence-corrected chi connectivity index (χ2v) is 11.1. The van der Waals surface area contributed by atoms with Crippen LogP contribution in [0.3, 0.4) is 0 Å². The van der Waals surface area contributed by atoms with Crippen molar-refractivity contribution in [2.75, 3.05) is 26.3 Å². The zero-order valence-electron chi connectivity index (χ0n) is 17.6. The van der Waals surface area contributed by atoms with Gasteiger partial charge in [-0.3, -0.25) is 4.79 Å². The molecular weight excluding hydrogens is 447 g/mol. The fourth-order valence-electron chi connectivity index (χ4n) is 3.35. The Hall–Kier alpha value is -1.12. The van der Waals surface area contributed by atoms with E-state index in [0.29, 0.717) is 48.3 Å². The molecule has 2 rings (SSSR count). The normalized spacial score (nSPS) is 17.5. The van der Waals surface area contributed by atoms with E-state index in [1.165, 1.54) is 0 Å². The third-order valence-corrected chi connectivity index (χ3v) is 7.34. The molecule has 6 nitrogen and oxygen atoms in total. The van der Waals surface area contributed by atoms with E-state index in [1.807, 2.05) is 20.8 Å². The molecule has 1 heterocycles. The van der Waals surface area contributed by atoms with Gasteiger partial charge < -0.3 is 14.7 Å². The first-order valence-corrected chi connectivity index (χ1v) is 11.8. The van der Waals surface area contributed by atoms with Crippen molar-refractivity contribution in [3.05, 3.63) is 40.4 Å². The number of rotatable bonds is 8. The minimum absolute atomic E-state index is 0.0855. The lowest BCUT2D eigenvalue weighted by molar-refractivity contribution is -0.135. The smallest absolute Gasteiger partial charge is 0.248 e. The molecule has 0 aromatic heterocycles. The van der Waals surface area contributed by atoms with Crippen molar-refractivity contribution in [2.45, 2.75) is 44.4 Å². The van der Waals surface area contributed by atoms with Crippen LogP contribution in [0, 0.1) is 5.92 Å². The van der Waals surface area contributed by atoms with Crippen LogP contribution in [0.25, 0.3) is 0 Å². The van der Waals surface area contributed by atoms with Crippen molar-refractivity contribution in [3.63, 3.8) is 0 Å². The van der Waals surface area contributed by atoms with Gasteiger partial charge in [-0.05, 0) is 45.6 Å². The van der Waals surface area contributed by atoms with E-state index >= 15 is 0 Å². The van der Waals surface area contributed by atoms with Crippen LogP contribution in [0.2, 0.25) is 10.0 Å². The number of hydrogen-bond donors (Lipinski definition) is 2. The van der Waals surface area contributed by atoms with Gasteiger partial charge in [0.2, 0.25) is 5.91 Å². The number of carbonyl (C=O) groups excluding carboxylic acids is 1. The van der Waals surface area contributed by atoms with Gasteiger partial charge in [-0.25, -0.2) is 8.93 Å². The van der Waals surface area contributed by atoms with E-state index < -0.39 is 22.3 Å².